The normalized spacial score (nSPS) is 9.86. The standard InChI is InChI=1S/C10H11FINO/c11-5-6-13-10(14)9-3-1-8(7-12)2-4-9/h1-4H,5-7H2,(H,13,14). The summed E-state index contributed by atoms with van der Waals surface area (Å²) in [4.78, 5) is 11.3. The zero-order valence-corrected chi connectivity index (χ0v) is 9.75. The maximum absolute atomic E-state index is 11.8. The molecule has 4 heteroatoms. The largest absolute Gasteiger partial charge is 0.349 e. The van der Waals surface area contributed by atoms with Gasteiger partial charge in [-0.25, -0.2) is 4.39 Å². The highest BCUT2D eigenvalue weighted by molar-refractivity contribution is 14.1. The summed E-state index contributed by atoms with van der Waals surface area (Å²) < 4.78 is 12.7. The van der Waals surface area contributed by atoms with Crippen LogP contribution in [0.25, 0.3) is 0 Å². The van der Waals surface area contributed by atoms with E-state index in [1.54, 1.807) is 12.1 Å². The van der Waals surface area contributed by atoms with Gasteiger partial charge >= 0.3 is 0 Å². The highest BCUT2D eigenvalue weighted by Crippen LogP contribution is 2.07. The van der Waals surface area contributed by atoms with Crippen molar-refractivity contribution in [2.75, 3.05) is 13.2 Å². The molecule has 14 heavy (non-hydrogen) atoms. The molecule has 0 fully saturated rings. The molecule has 0 unspecified atom stereocenters. The van der Waals surface area contributed by atoms with E-state index in [1.807, 2.05) is 12.1 Å². The van der Waals surface area contributed by atoms with Crippen LogP contribution in [0.3, 0.4) is 0 Å². The van der Waals surface area contributed by atoms with Crippen molar-refractivity contribution in [1.29, 1.82) is 0 Å². The number of alkyl halides is 2. The molecule has 1 rings (SSSR count). The van der Waals surface area contributed by atoms with E-state index in [0.717, 1.165) is 4.43 Å². The van der Waals surface area contributed by atoms with Gasteiger partial charge in [0.15, 0.2) is 0 Å². The fourth-order valence-electron chi connectivity index (χ4n) is 1.01. The van der Waals surface area contributed by atoms with Crippen LogP contribution >= 0.6 is 22.6 Å². The molecule has 0 aromatic heterocycles. The maximum atomic E-state index is 11.8. The van der Waals surface area contributed by atoms with E-state index in [9.17, 15) is 9.18 Å². The fraction of sp³-hybridized carbons (Fsp3) is 0.300. The van der Waals surface area contributed by atoms with Crippen molar-refractivity contribution < 1.29 is 9.18 Å². The molecule has 0 radical (unpaired) electrons. The van der Waals surface area contributed by atoms with Gasteiger partial charge in [0.2, 0.25) is 0 Å². The summed E-state index contributed by atoms with van der Waals surface area (Å²) in [5.74, 6) is -0.220. The van der Waals surface area contributed by atoms with Crippen molar-refractivity contribution in [2.24, 2.45) is 0 Å². The molecular formula is C10H11FINO. The summed E-state index contributed by atoms with van der Waals surface area (Å²) in [6.45, 7) is -0.454. The molecule has 0 heterocycles. The van der Waals surface area contributed by atoms with E-state index in [-0.39, 0.29) is 12.5 Å². The molecule has 1 N–H and O–H groups in total. The lowest BCUT2D eigenvalue weighted by atomic mass is 10.1. The molecule has 0 spiro atoms. The third-order valence-corrected chi connectivity index (χ3v) is 2.63. The molecule has 0 atom stereocenters. The Morgan fingerprint density at radius 2 is 2.00 bits per heavy atom. The van der Waals surface area contributed by atoms with E-state index in [1.165, 1.54) is 5.56 Å². The Labute approximate surface area is 96.0 Å². The van der Waals surface area contributed by atoms with Crippen molar-refractivity contribution in [3.63, 3.8) is 0 Å². The van der Waals surface area contributed by atoms with Gasteiger partial charge in [-0.05, 0) is 17.7 Å². The van der Waals surface area contributed by atoms with Crippen LogP contribution in [0.15, 0.2) is 24.3 Å². The van der Waals surface area contributed by atoms with Gasteiger partial charge in [-0.15, -0.1) is 0 Å². The summed E-state index contributed by atoms with van der Waals surface area (Å²) in [5, 5.41) is 2.47. The number of hydrogen-bond donors (Lipinski definition) is 1. The van der Waals surface area contributed by atoms with Crippen LogP contribution in [0, 0.1) is 0 Å². The summed E-state index contributed by atoms with van der Waals surface area (Å²) in [5.41, 5.74) is 1.75. The minimum atomic E-state index is -0.530. The molecule has 0 saturated heterocycles. The Kier molecular flexibility index (Phi) is 4.86. The molecule has 0 saturated carbocycles. The topological polar surface area (TPSA) is 29.1 Å². The van der Waals surface area contributed by atoms with Crippen LogP contribution in [0.2, 0.25) is 0 Å². The molecule has 1 aromatic carbocycles. The van der Waals surface area contributed by atoms with Crippen molar-refractivity contribution in [3.8, 4) is 0 Å². The SMILES string of the molecule is O=C(NCCF)c1ccc(CI)cc1. The lowest BCUT2D eigenvalue weighted by molar-refractivity contribution is 0.0951. The third kappa shape index (κ3) is 3.25. The molecule has 0 bridgehead atoms. The van der Waals surface area contributed by atoms with Crippen molar-refractivity contribution >= 4 is 28.5 Å². The van der Waals surface area contributed by atoms with Crippen LogP contribution in [-0.4, -0.2) is 19.1 Å². The second-order valence-electron chi connectivity index (χ2n) is 2.78. The highest BCUT2D eigenvalue weighted by Gasteiger charge is 2.03. The van der Waals surface area contributed by atoms with Gasteiger partial charge in [0.25, 0.3) is 5.91 Å². The highest BCUT2D eigenvalue weighted by atomic mass is 127. The lowest BCUT2D eigenvalue weighted by Gasteiger charge is -2.02. The lowest BCUT2D eigenvalue weighted by Crippen LogP contribution is -2.25. The Morgan fingerprint density at radius 3 is 2.50 bits per heavy atom. The predicted molar refractivity (Wildman–Crippen MR) is 62.5 cm³/mol. The number of nitrogens with one attached hydrogen (secondary N) is 1. The van der Waals surface area contributed by atoms with Crippen molar-refractivity contribution in [3.05, 3.63) is 35.4 Å². The van der Waals surface area contributed by atoms with Crippen LogP contribution < -0.4 is 5.32 Å². The van der Waals surface area contributed by atoms with Crippen LogP contribution in [0.5, 0.6) is 0 Å². The van der Waals surface area contributed by atoms with Crippen LogP contribution in [0.1, 0.15) is 15.9 Å². The molecular weight excluding hydrogens is 296 g/mol. The number of rotatable bonds is 4. The maximum Gasteiger partial charge on any atom is 0.251 e. The average molecular weight is 307 g/mol. The molecule has 2 nitrogen and oxygen atoms in total. The number of halogens is 2. The Hall–Kier alpha value is -0.650. The smallest absolute Gasteiger partial charge is 0.251 e. The molecule has 0 aliphatic carbocycles. The molecule has 0 aliphatic rings. The van der Waals surface area contributed by atoms with E-state index in [2.05, 4.69) is 27.9 Å². The monoisotopic (exact) mass is 307 g/mol. The quantitative estimate of drug-likeness (QED) is 0.671. The van der Waals surface area contributed by atoms with E-state index in [4.69, 9.17) is 0 Å². The van der Waals surface area contributed by atoms with Crippen molar-refractivity contribution in [2.45, 2.75) is 4.43 Å². The Bertz CT molecular complexity index is 299. The van der Waals surface area contributed by atoms with Gasteiger partial charge in [-0.3, -0.25) is 4.79 Å². The van der Waals surface area contributed by atoms with Gasteiger partial charge in [0.05, 0.1) is 0 Å². The van der Waals surface area contributed by atoms with Crippen LogP contribution in [-0.2, 0) is 4.43 Å². The molecule has 1 amide bonds. The first-order chi connectivity index (χ1) is 6.77. The van der Waals surface area contributed by atoms with E-state index >= 15 is 0 Å². The zero-order valence-electron chi connectivity index (χ0n) is 7.59. The average Bonchev–Trinajstić information content (AvgIpc) is 2.26. The first kappa shape index (κ1) is 11.4. The molecule has 76 valence electrons. The summed E-state index contributed by atoms with van der Waals surface area (Å²) >= 11 is 2.25. The Morgan fingerprint density at radius 1 is 1.36 bits per heavy atom. The van der Waals surface area contributed by atoms with E-state index in [0.29, 0.717) is 5.56 Å². The fourth-order valence-corrected chi connectivity index (χ4v) is 1.52. The van der Waals surface area contributed by atoms with Gasteiger partial charge in [0.1, 0.15) is 6.67 Å². The number of carbonyl (C=O) groups excluding carboxylic acids is 1. The van der Waals surface area contributed by atoms with Gasteiger partial charge < -0.3 is 5.32 Å². The predicted octanol–water partition coefficient (Wildman–Crippen LogP) is 2.32. The van der Waals surface area contributed by atoms with E-state index < -0.39 is 6.67 Å². The zero-order chi connectivity index (χ0) is 10.4. The first-order valence-electron chi connectivity index (χ1n) is 4.27. The summed E-state index contributed by atoms with van der Waals surface area (Å²) in [7, 11) is 0. The Balaban J connectivity index is 2.62. The van der Waals surface area contributed by atoms with Crippen LogP contribution in [0.4, 0.5) is 4.39 Å². The second-order valence-corrected chi connectivity index (χ2v) is 3.54. The van der Waals surface area contributed by atoms with Gasteiger partial charge in [-0.1, -0.05) is 34.7 Å². The minimum absolute atomic E-state index is 0.0763. The summed E-state index contributed by atoms with van der Waals surface area (Å²) in [6, 6.07) is 7.30. The number of hydrogen-bond acceptors (Lipinski definition) is 1. The number of benzene rings is 1. The molecule has 0 aliphatic heterocycles. The number of amides is 1. The van der Waals surface area contributed by atoms with Gasteiger partial charge in [0, 0.05) is 16.5 Å². The second kappa shape index (κ2) is 5.95. The molecule has 1 aromatic rings. The van der Waals surface area contributed by atoms with Crippen molar-refractivity contribution in [1.82, 2.24) is 5.32 Å². The minimum Gasteiger partial charge on any atom is -0.349 e. The number of carbonyl (C=O) groups is 1. The van der Waals surface area contributed by atoms with Gasteiger partial charge in [-0.2, -0.15) is 0 Å². The first-order valence-corrected chi connectivity index (χ1v) is 5.79. The third-order valence-electron chi connectivity index (χ3n) is 1.75. The summed E-state index contributed by atoms with van der Waals surface area (Å²) in [6.07, 6.45) is 0.